The van der Waals surface area contributed by atoms with Gasteiger partial charge in [0.25, 0.3) is 17.7 Å². The molecule has 0 bridgehead atoms. The second kappa shape index (κ2) is 11.1. The van der Waals surface area contributed by atoms with Crippen LogP contribution in [-0.2, 0) is 17.9 Å². The summed E-state index contributed by atoms with van der Waals surface area (Å²) in [5.74, 6) is -0.905. The molecular formula is C24H23N5O5S2. The second-order valence-corrected chi connectivity index (χ2v) is 9.44. The second-order valence-electron chi connectivity index (χ2n) is 7.63. The molecule has 0 fully saturated rings. The van der Waals surface area contributed by atoms with Crippen LogP contribution in [0.4, 0.5) is 5.69 Å². The highest BCUT2D eigenvalue weighted by Gasteiger charge is 2.36. The van der Waals surface area contributed by atoms with Crippen molar-refractivity contribution in [1.29, 1.82) is 0 Å². The van der Waals surface area contributed by atoms with Crippen LogP contribution in [0.25, 0.3) is 0 Å². The molecular weight excluding hydrogens is 502 g/mol. The van der Waals surface area contributed by atoms with Crippen molar-refractivity contribution in [3.8, 4) is 5.75 Å². The van der Waals surface area contributed by atoms with E-state index in [1.165, 1.54) is 22.5 Å². The predicted molar refractivity (Wildman–Crippen MR) is 136 cm³/mol. The number of thiophene rings is 1. The molecule has 0 spiro atoms. The first-order valence-electron chi connectivity index (χ1n) is 10.7. The average Bonchev–Trinajstić information content (AvgIpc) is 3.65. The number of nitrogens with zero attached hydrogens (tertiary/aromatic N) is 2. The highest BCUT2D eigenvalue weighted by molar-refractivity contribution is 7.10. The molecule has 3 aromatic heterocycles. The Bertz CT molecular complexity index is 1330. The summed E-state index contributed by atoms with van der Waals surface area (Å²) in [6.07, 6.45) is 1.43. The Labute approximate surface area is 214 Å². The largest absolute Gasteiger partial charge is 0.497 e. The van der Waals surface area contributed by atoms with Gasteiger partial charge in [-0.1, -0.05) is 18.2 Å². The van der Waals surface area contributed by atoms with Crippen LogP contribution in [0.1, 0.15) is 42.4 Å². The van der Waals surface area contributed by atoms with Gasteiger partial charge in [-0.25, -0.2) is 0 Å². The number of primary amides is 1. The van der Waals surface area contributed by atoms with E-state index in [1.54, 1.807) is 31.4 Å². The lowest BCUT2D eigenvalue weighted by Crippen LogP contribution is -2.43. The van der Waals surface area contributed by atoms with Gasteiger partial charge in [-0.15, -0.1) is 11.3 Å². The maximum Gasteiger partial charge on any atom is 0.270 e. The van der Waals surface area contributed by atoms with Crippen molar-refractivity contribution in [3.05, 3.63) is 86.9 Å². The molecule has 12 heteroatoms. The molecule has 3 amide bonds. The molecule has 0 aliphatic carbocycles. The molecule has 0 saturated carbocycles. The molecule has 4 aromatic rings. The fourth-order valence-electron chi connectivity index (χ4n) is 3.51. The van der Waals surface area contributed by atoms with E-state index >= 15 is 0 Å². The number of nitrogens with one attached hydrogen (secondary N) is 1. The summed E-state index contributed by atoms with van der Waals surface area (Å²) < 4.78 is 14.7. The Balaban J connectivity index is 1.67. The first-order chi connectivity index (χ1) is 17.4. The van der Waals surface area contributed by atoms with E-state index in [1.807, 2.05) is 29.6 Å². The van der Waals surface area contributed by atoms with Gasteiger partial charge in [-0.05, 0) is 52.8 Å². The van der Waals surface area contributed by atoms with Crippen molar-refractivity contribution >= 4 is 46.3 Å². The smallest absolute Gasteiger partial charge is 0.270 e. The number of methoxy groups -OCH3 is 1. The monoisotopic (exact) mass is 525 g/mol. The maximum atomic E-state index is 13.7. The van der Waals surface area contributed by atoms with Crippen LogP contribution >= 0.6 is 22.9 Å². The molecule has 186 valence electrons. The van der Waals surface area contributed by atoms with Crippen LogP contribution in [0.15, 0.2) is 64.6 Å². The number of hydrogen-bond donors (Lipinski definition) is 3. The molecule has 36 heavy (non-hydrogen) atoms. The molecule has 0 radical (unpaired) electrons. The highest BCUT2D eigenvalue weighted by Crippen LogP contribution is 2.31. The van der Waals surface area contributed by atoms with Gasteiger partial charge < -0.3 is 30.8 Å². The van der Waals surface area contributed by atoms with Gasteiger partial charge in [-0.2, -0.15) is 4.37 Å². The quantitative estimate of drug-likeness (QED) is 0.287. The lowest BCUT2D eigenvalue weighted by molar-refractivity contribution is -0.126. The molecule has 1 aromatic carbocycles. The Hall–Kier alpha value is -4.16. The number of carbonyl (C=O) groups is 3. The van der Waals surface area contributed by atoms with Crippen LogP contribution in [0, 0.1) is 0 Å². The van der Waals surface area contributed by atoms with Crippen LogP contribution in [0.2, 0.25) is 0 Å². The minimum Gasteiger partial charge on any atom is -0.497 e. The Morgan fingerprint density at radius 1 is 1.17 bits per heavy atom. The first kappa shape index (κ1) is 24.9. The maximum absolute atomic E-state index is 13.7. The van der Waals surface area contributed by atoms with Gasteiger partial charge in [0.2, 0.25) is 0 Å². The fourth-order valence-corrected chi connectivity index (χ4v) is 4.97. The molecule has 1 atom stereocenters. The summed E-state index contributed by atoms with van der Waals surface area (Å²) in [4.78, 5) is 41.1. The van der Waals surface area contributed by atoms with E-state index in [4.69, 9.17) is 20.6 Å². The van der Waals surface area contributed by atoms with Gasteiger partial charge in [0.05, 0.1) is 25.6 Å². The highest BCUT2D eigenvalue weighted by atomic mass is 32.1. The molecule has 4 rings (SSSR count). The number of amides is 3. The van der Waals surface area contributed by atoms with Gasteiger partial charge in [0.15, 0.2) is 11.7 Å². The Morgan fingerprint density at radius 3 is 2.53 bits per heavy atom. The number of nitrogen functional groups attached to an aromatic ring is 1. The van der Waals surface area contributed by atoms with Crippen molar-refractivity contribution in [2.45, 2.75) is 19.1 Å². The molecule has 5 N–H and O–H groups in total. The number of ether oxygens (including phenoxy) is 1. The van der Waals surface area contributed by atoms with Crippen LogP contribution in [0.3, 0.4) is 0 Å². The molecule has 3 heterocycles. The lowest BCUT2D eigenvalue weighted by Gasteiger charge is -2.29. The van der Waals surface area contributed by atoms with E-state index < -0.39 is 23.8 Å². The number of benzene rings is 1. The lowest BCUT2D eigenvalue weighted by atomic mass is 10.1. The minimum atomic E-state index is -1.12. The van der Waals surface area contributed by atoms with Crippen LogP contribution < -0.4 is 21.5 Å². The molecule has 0 aliphatic heterocycles. The van der Waals surface area contributed by atoms with Crippen LogP contribution in [0.5, 0.6) is 5.75 Å². The van der Waals surface area contributed by atoms with Gasteiger partial charge in [0.1, 0.15) is 16.4 Å². The zero-order valence-electron chi connectivity index (χ0n) is 19.2. The molecule has 0 aliphatic rings. The SMILES string of the molecule is COc1ccc(CNC(=O)C(c2ccco2)N(Cc2cccs2)C(=O)c2snc(C(N)=O)c2N)cc1. The fraction of sp³-hybridized carbons (Fsp3) is 0.167. The number of anilines is 1. The Kier molecular flexibility index (Phi) is 7.66. The Morgan fingerprint density at radius 2 is 1.94 bits per heavy atom. The van der Waals surface area contributed by atoms with Gasteiger partial charge >= 0.3 is 0 Å². The van der Waals surface area contributed by atoms with Crippen molar-refractivity contribution in [3.63, 3.8) is 0 Å². The molecule has 1 unspecified atom stereocenters. The predicted octanol–water partition coefficient (Wildman–Crippen LogP) is 3.19. The van der Waals surface area contributed by atoms with E-state index in [9.17, 15) is 14.4 Å². The third-order valence-electron chi connectivity index (χ3n) is 5.32. The summed E-state index contributed by atoms with van der Waals surface area (Å²) in [6.45, 7) is 0.316. The molecule has 10 nitrogen and oxygen atoms in total. The molecule has 0 saturated heterocycles. The summed E-state index contributed by atoms with van der Waals surface area (Å²) in [5, 5.41) is 4.75. The number of rotatable bonds is 10. The summed E-state index contributed by atoms with van der Waals surface area (Å²) in [5.41, 5.74) is 11.9. The number of carbonyl (C=O) groups excluding carboxylic acids is 3. The van der Waals surface area contributed by atoms with Crippen molar-refractivity contribution < 1.29 is 23.5 Å². The number of hydrogen-bond acceptors (Lipinski definition) is 9. The normalized spacial score (nSPS) is 11.6. The van der Waals surface area contributed by atoms with E-state index in [0.29, 0.717) is 5.75 Å². The zero-order valence-corrected chi connectivity index (χ0v) is 20.8. The standard InChI is InChI=1S/C24H23N5O5S2/c1-33-15-8-6-14(7-9-15)12-27-23(31)20(17-5-2-10-34-17)29(13-16-4-3-11-35-16)24(32)21-18(25)19(22(26)30)28-36-21/h2-11,20H,12-13,25H2,1H3,(H2,26,30)(H,27,31). The third-order valence-corrected chi connectivity index (χ3v) is 7.03. The van der Waals surface area contributed by atoms with Gasteiger partial charge in [0, 0.05) is 11.4 Å². The van der Waals surface area contributed by atoms with Gasteiger partial charge in [-0.3, -0.25) is 14.4 Å². The van der Waals surface area contributed by atoms with E-state index in [2.05, 4.69) is 9.69 Å². The summed E-state index contributed by atoms with van der Waals surface area (Å²) in [7, 11) is 1.58. The zero-order chi connectivity index (χ0) is 25.7. The van der Waals surface area contributed by atoms with Crippen molar-refractivity contribution in [2.24, 2.45) is 5.73 Å². The van der Waals surface area contributed by atoms with E-state index in [0.717, 1.165) is 22.0 Å². The topological polar surface area (TPSA) is 154 Å². The third kappa shape index (κ3) is 5.39. The van der Waals surface area contributed by atoms with Crippen LogP contribution in [-0.4, -0.2) is 34.1 Å². The number of aromatic nitrogens is 1. The number of nitrogens with two attached hydrogens (primary N) is 2. The van der Waals surface area contributed by atoms with Crippen molar-refractivity contribution in [2.75, 3.05) is 12.8 Å². The average molecular weight is 526 g/mol. The van der Waals surface area contributed by atoms with Crippen molar-refractivity contribution in [1.82, 2.24) is 14.6 Å². The number of furan rings is 1. The van der Waals surface area contributed by atoms with E-state index in [-0.39, 0.29) is 35.1 Å². The summed E-state index contributed by atoms with van der Waals surface area (Å²) >= 11 is 2.19. The minimum absolute atomic E-state index is 0.0138. The summed E-state index contributed by atoms with van der Waals surface area (Å²) in [6, 6.07) is 13.1. The first-order valence-corrected chi connectivity index (χ1v) is 12.4.